The van der Waals surface area contributed by atoms with Crippen molar-refractivity contribution in [1.82, 2.24) is 10.5 Å². The van der Waals surface area contributed by atoms with Crippen LogP contribution in [0, 0.1) is 10.8 Å². The Morgan fingerprint density at radius 1 is 0.778 bits per heavy atom. The molecule has 54 heavy (non-hydrogen) atoms. The Labute approximate surface area is 322 Å². The molecule has 0 saturated carbocycles. The van der Waals surface area contributed by atoms with Crippen molar-refractivity contribution in [3.63, 3.8) is 0 Å². The molecular formula is C44H49ClN2O7. The summed E-state index contributed by atoms with van der Waals surface area (Å²) in [5, 5.41) is 7.43. The van der Waals surface area contributed by atoms with Crippen molar-refractivity contribution < 1.29 is 33.1 Å². The van der Waals surface area contributed by atoms with Gasteiger partial charge in [-0.05, 0) is 66.0 Å². The maximum atomic E-state index is 13.4. The minimum absolute atomic E-state index is 0.125. The van der Waals surface area contributed by atoms with Crippen molar-refractivity contribution in [3.8, 4) is 39.7 Å². The fraction of sp³-hybridized carbons (Fsp3) is 0.341. The standard InChI is InChI=1S/C44H49ClN2O7/c1-7-46-42(49)40-39(32-19-21-33(22-20-32)53-29-44(5,6)28-43(3,4)25-38(48)50-8-2)41(54-47-40)34-23-35(45)37(52-27-31-17-13-10-14-18-31)24-36(34)51-26-30-15-11-9-12-16-30/h9-24H,7-8,25-29H2,1-6H3,(H,46,49). The van der Waals surface area contributed by atoms with Gasteiger partial charge in [-0.15, -0.1) is 0 Å². The van der Waals surface area contributed by atoms with E-state index in [-0.39, 0.29) is 35.0 Å². The lowest BCUT2D eigenvalue weighted by molar-refractivity contribution is -0.145. The summed E-state index contributed by atoms with van der Waals surface area (Å²) in [5.74, 6) is 1.28. The second-order valence-electron chi connectivity index (χ2n) is 14.7. The molecule has 9 nitrogen and oxygen atoms in total. The minimum Gasteiger partial charge on any atom is -0.493 e. The fourth-order valence-electron chi connectivity index (χ4n) is 6.56. The number of aromatic nitrogens is 1. The lowest BCUT2D eigenvalue weighted by Gasteiger charge is -2.34. The summed E-state index contributed by atoms with van der Waals surface area (Å²) in [6.45, 7) is 13.8. The molecule has 5 aromatic rings. The zero-order valence-electron chi connectivity index (χ0n) is 31.9. The van der Waals surface area contributed by atoms with Crippen LogP contribution in [0.5, 0.6) is 17.2 Å². The fourth-order valence-corrected chi connectivity index (χ4v) is 6.78. The zero-order chi connectivity index (χ0) is 38.7. The topological polar surface area (TPSA) is 109 Å². The first-order valence-corrected chi connectivity index (χ1v) is 18.6. The van der Waals surface area contributed by atoms with Crippen LogP contribution < -0.4 is 19.5 Å². The summed E-state index contributed by atoms with van der Waals surface area (Å²) in [5.41, 5.74) is 3.26. The zero-order valence-corrected chi connectivity index (χ0v) is 32.6. The molecule has 1 aromatic heterocycles. The molecule has 1 heterocycles. The third-order valence-corrected chi connectivity index (χ3v) is 8.95. The van der Waals surface area contributed by atoms with E-state index in [1.54, 1.807) is 12.1 Å². The van der Waals surface area contributed by atoms with Crippen molar-refractivity contribution in [1.29, 1.82) is 0 Å². The average Bonchev–Trinajstić information content (AvgIpc) is 3.59. The molecule has 10 heteroatoms. The van der Waals surface area contributed by atoms with Crippen molar-refractivity contribution >= 4 is 23.5 Å². The number of hydrogen-bond donors (Lipinski definition) is 1. The van der Waals surface area contributed by atoms with Gasteiger partial charge in [-0.1, -0.05) is 117 Å². The number of ether oxygens (including phenoxy) is 4. The van der Waals surface area contributed by atoms with E-state index in [1.807, 2.05) is 98.8 Å². The number of halogens is 1. The molecule has 0 unspecified atom stereocenters. The van der Waals surface area contributed by atoms with Gasteiger partial charge in [0.05, 0.1) is 35.8 Å². The van der Waals surface area contributed by atoms with Gasteiger partial charge in [0.25, 0.3) is 5.91 Å². The third kappa shape index (κ3) is 10.9. The predicted molar refractivity (Wildman–Crippen MR) is 211 cm³/mol. The normalized spacial score (nSPS) is 11.5. The number of benzene rings is 4. The Kier molecular flexibility index (Phi) is 13.4. The first-order chi connectivity index (χ1) is 25.9. The number of nitrogens with one attached hydrogen (secondary N) is 1. The quantitative estimate of drug-likeness (QED) is 0.0881. The van der Waals surface area contributed by atoms with Gasteiger partial charge in [0, 0.05) is 12.6 Å². The number of esters is 1. The molecule has 284 valence electrons. The van der Waals surface area contributed by atoms with E-state index in [1.165, 1.54) is 0 Å². The van der Waals surface area contributed by atoms with Gasteiger partial charge in [-0.25, -0.2) is 0 Å². The molecule has 0 aliphatic carbocycles. The predicted octanol–water partition coefficient (Wildman–Crippen LogP) is 10.3. The summed E-state index contributed by atoms with van der Waals surface area (Å²) in [6.07, 6.45) is 1.09. The van der Waals surface area contributed by atoms with Crippen molar-refractivity contribution in [2.24, 2.45) is 10.8 Å². The molecule has 0 spiro atoms. The molecule has 0 radical (unpaired) electrons. The van der Waals surface area contributed by atoms with Crippen LogP contribution in [-0.4, -0.2) is 36.8 Å². The van der Waals surface area contributed by atoms with Crippen LogP contribution in [0.4, 0.5) is 0 Å². The maximum absolute atomic E-state index is 13.4. The molecule has 0 aliphatic heterocycles. The molecule has 0 atom stereocenters. The van der Waals surface area contributed by atoms with Crippen LogP contribution in [0.15, 0.2) is 102 Å². The monoisotopic (exact) mass is 752 g/mol. The molecule has 0 saturated heterocycles. The molecule has 1 N–H and O–H groups in total. The summed E-state index contributed by atoms with van der Waals surface area (Å²) in [4.78, 5) is 25.5. The van der Waals surface area contributed by atoms with Gasteiger partial charge in [0.15, 0.2) is 11.5 Å². The highest BCUT2D eigenvalue weighted by Gasteiger charge is 2.32. The van der Waals surface area contributed by atoms with Gasteiger partial charge in [-0.2, -0.15) is 0 Å². The Morgan fingerprint density at radius 3 is 1.98 bits per heavy atom. The van der Waals surface area contributed by atoms with Crippen molar-refractivity contribution in [3.05, 3.63) is 119 Å². The highest BCUT2D eigenvalue weighted by atomic mass is 35.5. The summed E-state index contributed by atoms with van der Waals surface area (Å²) in [6, 6.07) is 30.5. The second kappa shape index (κ2) is 18.2. The van der Waals surface area contributed by atoms with Gasteiger partial charge in [-0.3, -0.25) is 9.59 Å². The average molecular weight is 753 g/mol. The Balaban J connectivity index is 1.45. The van der Waals surface area contributed by atoms with Gasteiger partial charge in [0.1, 0.15) is 30.5 Å². The SMILES string of the molecule is CCNC(=O)c1noc(-c2cc(Cl)c(OCc3ccccc3)cc2OCc2ccccc2)c1-c1ccc(OCC(C)(C)CC(C)(C)CC(=O)OCC)cc1. The summed E-state index contributed by atoms with van der Waals surface area (Å²) in [7, 11) is 0. The van der Waals surface area contributed by atoms with Crippen LogP contribution in [0.25, 0.3) is 22.5 Å². The third-order valence-electron chi connectivity index (χ3n) is 8.66. The van der Waals surface area contributed by atoms with E-state index in [9.17, 15) is 9.59 Å². The summed E-state index contributed by atoms with van der Waals surface area (Å²) >= 11 is 6.86. The second-order valence-corrected chi connectivity index (χ2v) is 15.1. The smallest absolute Gasteiger partial charge is 0.306 e. The van der Waals surface area contributed by atoms with Crippen LogP contribution in [0.2, 0.25) is 5.02 Å². The first kappa shape index (κ1) is 39.9. The van der Waals surface area contributed by atoms with E-state index in [2.05, 4.69) is 38.2 Å². The molecule has 5 rings (SSSR count). The summed E-state index contributed by atoms with van der Waals surface area (Å²) < 4.78 is 30.0. The van der Waals surface area contributed by atoms with E-state index < -0.39 is 0 Å². The lowest BCUT2D eigenvalue weighted by Crippen LogP contribution is -2.30. The van der Waals surface area contributed by atoms with E-state index in [4.69, 9.17) is 35.1 Å². The highest BCUT2D eigenvalue weighted by Crippen LogP contribution is 2.45. The number of amides is 1. The highest BCUT2D eigenvalue weighted by molar-refractivity contribution is 6.32. The molecular weight excluding hydrogens is 704 g/mol. The van der Waals surface area contributed by atoms with E-state index in [0.717, 1.165) is 17.5 Å². The Morgan fingerprint density at radius 2 is 1.39 bits per heavy atom. The minimum atomic E-state index is -0.379. The van der Waals surface area contributed by atoms with Crippen LogP contribution in [-0.2, 0) is 22.7 Å². The number of nitrogens with zero attached hydrogens (tertiary/aromatic N) is 1. The van der Waals surface area contributed by atoms with Gasteiger partial charge in [0.2, 0.25) is 0 Å². The molecule has 0 bridgehead atoms. The largest absolute Gasteiger partial charge is 0.493 e. The first-order valence-electron chi connectivity index (χ1n) is 18.2. The van der Waals surface area contributed by atoms with Crippen molar-refractivity contribution in [2.75, 3.05) is 19.8 Å². The molecule has 0 fully saturated rings. The lowest BCUT2D eigenvalue weighted by atomic mass is 9.74. The van der Waals surface area contributed by atoms with Crippen LogP contribution in [0.1, 0.15) is 76.0 Å². The van der Waals surface area contributed by atoms with Gasteiger partial charge >= 0.3 is 5.97 Å². The number of carbonyl (C=O) groups is 2. The number of carbonyl (C=O) groups excluding carboxylic acids is 2. The van der Waals surface area contributed by atoms with E-state index in [0.29, 0.717) is 77.5 Å². The molecule has 0 aliphatic rings. The molecule has 4 aromatic carbocycles. The van der Waals surface area contributed by atoms with Crippen molar-refractivity contribution in [2.45, 2.75) is 67.6 Å². The number of hydrogen-bond acceptors (Lipinski definition) is 8. The maximum Gasteiger partial charge on any atom is 0.306 e. The Bertz CT molecular complexity index is 1990. The number of rotatable bonds is 18. The van der Waals surface area contributed by atoms with E-state index >= 15 is 0 Å². The Hall–Kier alpha value is -5.28. The van der Waals surface area contributed by atoms with Crippen LogP contribution in [0.3, 0.4) is 0 Å². The van der Waals surface area contributed by atoms with Crippen LogP contribution >= 0.6 is 11.6 Å². The van der Waals surface area contributed by atoms with Gasteiger partial charge < -0.3 is 28.8 Å². The molecule has 1 amide bonds.